The lowest BCUT2D eigenvalue weighted by molar-refractivity contribution is 0.0114. The summed E-state index contributed by atoms with van der Waals surface area (Å²) in [7, 11) is 2.04. The van der Waals surface area contributed by atoms with Crippen LogP contribution >= 0.6 is 0 Å². The third kappa shape index (κ3) is 2.55. The van der Waals surface area contributed by atoms with Gasteiger partial charge in [-0.05, 0) is 45.2 Å². The lowest BCUT2D eigenvalue weighted by Crippen LogP contribution is -2.35. The van der Waals surface area contributed by atoms with Crippen molar-refractivity contribution in [3.05, 3.63) is 23.2 Å². The number of hydrogen-bond donors (Lipinski definition) is 1. The molecular weight excluding hydrogens is 214 g/mol. The van der Waals surface area contributed by atoms with E-state index in [0.29, 0.717) is 17.9 Å². The standard InChI is InChI=1S/C14H23NO2/c1-9-8-16-6-5-12(9)14(15-4)13-7-10(2)17-11(13)3/h7,9,12,14-15H,5-6,8H2,1-4H3. The van der Waals surface area contributed by atoms with Crippen LogP contribution in [0.2, 0.25) is 0 Å². The van der Waals surface area contributed by atoms with E-state index in [1.165, 1.54) is 5.56 Å². The Morgan fingerprint density at radius 3 is 2.71 bits per heavy atom. The molecule has 1 aromatic rings. The normalized spacial score (nSPS) is 27.1. The molecule has 1 aliphatic heterocycles. The highest BCUT2D eigenvalue weighted by Gasteiger charge is 2.31. The molecule has 3 nitrogen and oxygen atoms in total. The van der Waals surface area contributed by atoms with Crippen molar-refractivity contribution in [1.82, 2.24) is 5.32 Å². The van der Waals surface area contributed by atoms with E-state index in [-0.39, 0.29) is 0 Å². The minimum atomic E-state index is 0.381. The van der Waals surface area contributed by atoms with Crippen LogP contribution in [-0.2, 0) is 4.74 Å². The number of nitrogens with one attached hydrogen (secondary N) is 1. The van der Waals surface area contributed by atoms with Gasteiger partial charge >= 0.3 is 0 Å². The van der Waals surface area contributed by atoms with Crippen LogP contribution < -0.4 is 5.32 Å². The Morgan fingerprint density at radius 1 is 1.41 bits per heavy atom. The zero-order valence-electron chi connectivity index (χ0n) is 11.2. The predicted octanol–water partition coefficient (Wildman–Crippen LogP) is 2.83. The van der Waals surface area contributed by atoms with Gasteiger partial charge in [0, 0.05) is 24.8 Å². The Kier molecular flexibility index (Phi) is 3.89. The van der Waals surface area contributed by atoms with Gasteiger partial charge in [-0.2, -0.15) is 0 Å². The minimum absolute atomic E-state index is 0.381. The van der Waals surface area contributed by atoms with Crippen LogP contribution in [0, 0.1) is 25.7 Å². The molecule has 1 aromatic heterocycles. The molecule has 17 heavy (non-hydrogen) atoms. The van der Waals surface area contributed by atoms with Gasteiger partial charge < -0.3 is 14.5 Å². The summed E-state index contributed by atoms with van der Waals surface area (Å²) in [6.07, 6.45) is 1.12. The van der Waals surface area contributed by atoms with E-state index >= 15 is 0 Å². The Bertz CT molecular complexity index is 372. The highest BCUT2D eigenvalue weighted by atomic mass is 16.5. The molecule has 0 spiro atoms. The molecule has 0 aliphatic carbocycles. The molecule has 3 heteroatoms. The van der Waals surface area contributed by atoms with Crippen molar-refractivity contribution < 1.29 is 9.15 Å². The van der Waals surface area contributed by atoms with Gasteiger partial charge in [0.25, 0.3) is 0 Å². The molecule has 0 amide bonds. The average molecular weight is 237 g/mol. The second-order valence-electron chi connectivity index (χ2n) is 5.14. The largest absolute Gasteiger partial charge is 0.466 e. The van der Waals surface area contributed by atoms with Gasteiger partial charge in [-0.1, -0.05) is 6.92 Å². The summed E-state index contributed by atoms with van der Waals surface area (Å²) in [6, 6.07) is 2.55. The summed E-state index contributed by atoms with van der Waals surface area (Å²) in [5.41, 5.74) is 1.31. The first-order chi connectivity index (χ1) is 8.13. The molecule has 3 unspecified atom stereocenters. The van der Waals surface area contributed by atoms with E-state index in [4.69, 9.17) is 9.15 Å². The molecule has 96 valence electrons. The maximum absolute atomic E-state index is 5.65. The summed E-state index contributed by atoms with van der Waals surface area (Å²) in [5.74, 6) is 3.26. The van der Waals surface area contributed by atoms with Crippen molar-refractivity contribution in [2.75, 3.05) is 20.3 Å². The SMILES string of the molecule is CNC(c1cc(C)oc1C)C1CCOCC1C. The Labute approximate surface area is 104 Å². The molecular formula is C14H23NO2. The lowest BCUT2D eigenvalue weighted by Gasteiger charge is -2.35. The lowest BCUT2D eigenvalue weighted by atomic mass is 9.80. The zero-order chi connectivity index (χ0) is 12.4. The van der Waals surface area contributed by atoms with Gasteiger partial charge in [0.05, 0.1) is 0 Å². The Morgan fingerprint density at radius 2 is 2.18 bits per heavy atom. The molecule has 1 saturated heterocycles. The average Bonchev–Trinajstić information content (AvgIpc) is 2.62. The summed E-state index contributed by atoms with van der Waals surface area (Å²) < 4.78 is 11.2. The van der Waals surface area contributed by atoms with Gasteiger partial charge in [-0.25, -0.2) is 0 Å². The summed E-state index contributed by atoms with van der Waals surface area (Å²) in [6.45, 7) is 8.09. The molecule has 2 heterocycles. The second kappa shape index (κ2) is 5.23. The zero-order valence-corrected chi connectivity index (χ0v) is 11.2. The van der Waals surface area contributed by atoms with Gasteiger partial charge in [-0.3, -0.25) is 0 Å². The van der Waals surface area contributed by atoms with Crippen molar-refractivity contribution in [1.29, 1.82) is 0 Å². The Balaban J connectivity index is 2.23. The molecule has 0 radical (unpaired) electrons. The molecule has 0 saturated carbocycles. The van der Waals surface area contributed by atoms with Gasteiger partial charge in [0.1, 0.15) is 11.5 Å². The van der Waals surface area contributed by atoms with Gasteiger partial charge in [0.2, 0.25) is 0 Å². The van der Waals surface area contributed by atoms with E-state index in [1.54, 1.807) is 0 Å². The van der Waals surface area contributed by atoms with Crippen LogP contribution in [0.15, 0.2) is 10.5 Å². The highest BCUT2D eigenvalue weighted by Crippen LogP contribution is 2.35. The third-order valence-corrected chi connectivity index (χ3v) is 3.86. The van der Waals surface area contributed by atoms with E-state index in [9.17, 15) is 0 Å². The van der Waals surface area contributed by atoms with Crippen molar-refractivity contribution in [2.24, 2.45) is 11.8 Å². The second-order valence-corrected chi connectivity index (χ2v) is 5.14. The molecule has 1 aliphatic rings. The molecule has 0 aromatic carbocycles. The number of ether oxygens (including phenoxy) is 1. The predicted molar refractivity (Wildman–Crippen MR) is 68.1 cm³/mol. The number of hydrogen-bond acceptors (Lipinski definition) is 3. The molecule has 0 bridgehead atoms. The molecule has 1 fully saturated rings. The first-order valence-electron chi connectivity index (χ1n) is 6.45. The maximum Gasteiger partial charge on any atom is 0.105 e. The maximum atomic E-state index is 5.65. The molecule has 1 N–H and O–H groups in total. The van der Waals surface area contributed by atoms with Gasteiger partial charge in [0.15, 0.2) is 0 Å². The fourth-order valence-corrected chi connectivity index (χ4v) is 2.95. The van der Waals surface area contributed by atoms with E-state index in [1.807, 2.05) is 14.0 Å². The van der Waals surface area contributed by atoms with E-state index in [0.717, 1.165) is 31.2 Å². The number of rotatable bonds is 3. The van der Waals surface area contributed by atoms with Crippen LogP contribution in [0.25, 0.3) is 0 Å². The Hall–Kier alpha value is -0.800. The first-order valence-corrected chi connectivity index (χ1v) is 6.45. The summed E-state index contributed by atoms with van der Waals surface area (Å²) >= 11 is 0. The van der Waals surface area contributed by atoms with Crippen LogP contribution in [0.4, 0.5) is 0 Å². The molecule has 3 atom stereocenters. The fourth-order valence-electron chi connectivity index (χ4n) is 2.95. The summed E-state index contributed by atoms with van der Waals surface area (Å²) in [5, 5.41) is 3.46. The van der Waals surface area contributed by atoms with Crippen molar-refractivity contribution in [3.8, 4) is 0 Å². The van der Waals surface area contributed by atoms with Crippen molar-refractivity contribution >= 4 is 0 Å². The number of furan rings is 1. The number of aryl methyl sites for hydroxylation is 2. The first kappa shape index (κ1) is 12.7. The van der Waals surface area contributed by atoms with Crippen LogP contribution in [-0.4, -0.2) is 20.3 Å². The van der Waals surface area contributed by atoms with E-state index in [2.05, 4.69) is 25.2 Å². The quantitative estimate of drug-likeness (QED) is 0.877. The summed E-state index contributed by atoms with van der Waals surface area (Å²) in [4.78, 5) is 0. The van der Waals surface area contributed by atoms with Crippen LogP contribution in [0.3, 0.4) is 0 Å². The van der Waals surface area contributed by atoms with Crippen LogP contribution in [0.5, 0.6) is 0 Å². The highest BCUT2D eigenvalue weighted by molar-refractivity contribution is 5.25. The van der Waals surface area contributed by atoms with Crippen molar-refractivity contribution in [2.45, 2.75) is 33.2 Å². The fraction of sp³-hybridized carbons (Fsp3) is 0.714. The minimum Gasteiger partial charge on any atom is -0.466 e. The van der Waals surface area contributed by atoms with Crippen LogP contribution in [0.1, 0.15) is 36.5 Å². The smallest absolute Gasteiger partial charge is 0.105 e. The van der Waals surface area contributed by atoms with Crippen molar-refractivity contribution in [3.63, 3.8) is 0 Å². The third-order valence-electron chi connectivity index (χ3n) is 3.86. The van der Waals surface area contributed by atoms with Gasteiger partial charge in [-0.15, -0.1) is 0 Å². The molecule has 2 rings (SSSR count). The monoisotopic (exact) mass is 237 g/mol. The topological polar surface area (TPSA) is 34.4 Å². The van der Waals surface area contributed by atoms with E-state index < -0.39 is 0 Å².